The van der Waals surface area contributed by atoms with E-state index in [1.54, 1.807) is 7.11 Å². The molecule has 4 heteroatoms. The number of nitrogens with one attached hydrogen (secondary N) is 2. The van der Waals surface area contributed by atoms with Crippen LogP contribution in [0.1, 0.15) is 22.3 Å². The van der Waals surface area contributed by atoms with E-state index in [1.807, 2.05) is 18.3 Å². The third-order valence-electron chi connectivity index (χ3n) is 4.58. The first kappa shape index (κ1) is 17.2. The Morgan fingerprint density at radius 3 is 2.56 bits per heavy atom. The molecule has 0 saturated carbocycles. The van der Waals surface area contributed by atoms with Crippen LogP contribution in [0.15, 0.2) is 48.7 Å². The standard InChI is InChI=1S/C21H25N3O/c1-15-4-7-18(12-16(15)2)21-19(14-23-24-21)13-22-11-10-17-5-8-20(25-3)9-6-17/h4-9,12,14,22H,10-11,13H2,1-3H3,(H,23,24). The van der Waals surface area contributed by atoms with Gasteiger partial charge in [0.25, 0.3) is 0 Å². The van der Waals surface area contributed by atoms with Gasteiger partial charge in [-0.15, -0.1) is 0 Å². The minimum Gasteiger partial charge on any atom is -0.497 e. The third-order valence-corrected chi connectivity index (χ3v) is 4.58. The van der Waals surface area contributed by atoms with Crippen molar-refractivity contribution in [3.63, 3.8) is 0 Å². The minimum absolute atomic E-state index is 0.801. The molecule has 0 bridgehead atoms. The summed E-state index contributed by atoms with van der Waals surface area (Å²) in [6.07, 6.45) is 2.89. The van der Waals surface area contributed by atoms with Crippen LogP contribution in [0, 0.1) is 13.8 Å². The van der Waals surface area contributed by atoms with Crippen LogP contribution >= 0.6 is 0 Å². The van der Waals surface area contributed by atoms with Gasteiger partial charge in [-0.3, -0.25) is 5.10 Å². The number of ether oxygens (including phenoxy) is 1. The van der Waals surface area contributed by atoms with Gasteiger partial charge >= 0.3 is 0 Å². The molecule has 0 aliphatic carbocycles. The monoisotopic (exact) mass is 335 g/mol. The summed E-state index contributed by atoms with van der Waals surface area (Å²) in [5.41, 5.74) is 7.38. The number of methoxy groups -OCH3 is 1. The van der Waals surface area contributed by atoms with E-state index in [-0.39, 0.29) is 0 Å². The van der Waals surface area contributed by atoms with E-state index in [4.69, 9.17) is 4.74 Å². The molecule has 0 saturated heterocycles. The second-order valence-corrected chi connectivity index (χ2v) is 6.34. The molecular weight excluding hydrogens is 310 g/mol. The smallest absolute Gasteiger partial charge is 0.118 e. The van der Waals surface area contributed by atoms with Crippen LogP contribution in [-0.4, -0.2) is 23.9 Å². The van der Waals surface area contributed by atoms with Crippen LogP contribution in [0.25, 0.3) is 11.3 Å². The lowest BCUT2D eigenvalue weighted by Crippen LogP contribution is -2.16. The third kappa shape index (κ3) is 4.28. The lowest BCUT2D eigenvalue weighted by Gasteiger charge is -2.08. The zero-order valence-corrected chi connectivity index (χ0v) is 15.1. The van der Waals surface area contributed by atoms with Crippen molar-refractivity contribution in [2.45, 2.75) is 26.8 Å². The number of hydrogen-bond acceptors (Lipinski definition) is 3. The summed E-state index contributed by atoms with van der Waals surface area (Å²) in [5.74, 6) is 0.896. The highest BCUT2D eigenvalue weighted by atomic mass is 16.5. The summed E-state index contributed by atoms with van der Waals surface area (Å²) in [4.78, 5) is 0. The Kier molecular flexibility index (Phi) is 5.51. The number of aryl methyl sites for hydroxylation is 2. The topological polar surface area (TPSA) is 49.9 Å². The number of benzene rings is 2. The first-order valence-corrected chi connectivity index (χ1v) is 8.61. The van der Waals surface area contributed by atoms with Gasteiger partial charge in [-0.1, -0.05) is 24.3 Å². The van der Waals surface area contributed by atoms with Crippen LogP contribution < -0.4 is 10.1 Å². The second kappa shape index (κ2) is 7.99. The van der Waals surface area contributed by atoms with Gasteiger partial charge in [0.1, 0.15) is 5.75 Å². The van der Waals surface area contributed by atoms with Crippen LogP contribution in [0.3, 0.4) is 0 Å². The molecule has 3 rings (SSSR count). The van der Waals surface area contributed by atoms with E-state index in [1.165, 1.54) is 27.8 Å². The molecule has 0 unspecified atom stereocenters. The Hall–Kier alpha value is -2.59. The predicted octanol–water partition coefficient (Wildman–Crippen LogP) is 4.03. The van der Waals surface area contributed by atoms with E-state index in [2.05, 4.69) is 59.7 Å². The average molecular weight is 335 g/mol. The molecule has 1 aromatic heterocycles. The molecule has 3 aromatic rings. The van der Waals surface area contributed by atoms with Crippen LogP contribution in [0.4, 0.5) is 0 Å². The normalized spacial score (nSPS) is 10.8. The highest BCUT2D eigenvalue weighted by Gasteiger charge is 2.08. The molecular formula is C21H25N3O. The van der Waals surface area contributed by atoms with Crippen molar-refractivity contribution in [2.24, 2.45) is 0 Å². The fourth-order valence-corrected chi connectivity index (χ4v) is 2.84. The second-order valence-electron chi connectivity index (χ2n) is 6.34. The van der Waals surface area contributed by atoms with E-state index >= 15 is 0 Å². The van der Waals surface area contributed by atoms with Gasteiger partial charge in [-0.2, -0.15) is 5.10 Å². The number of aromatic nitrogens is 2. The van der Waals surface area contributed by atoms with E-state index in [0.29, 0.717) is 0 Å². The maximum atomic E-state index is 5.19. The molecule has 0 aliphatic rings. The Morgan fingerprint density at radius 2 is 1.84 bits per heavy atom. The summed E-state index contributed by atoms with van der Waals surface area (Å²) in [5, 5.41) is 10.9. The summed E-state index contributed by atoms with van der Waals surface area (Å²) in [6, 6.07) is 14.7. The first-order chi connectivity index (χ1) is 12.2. The van der Waals surface area contributed by atoms with Gasteiger partial charge in [0.05, 0.1) is 19.0 Å². The molecule has 25 heavy (non-hydrogen) atoms. The van der Waals surface area contributed by atoms with Crippen molar-refractivity contribution >= 4 is 0 Å². The van der Waals surface area contributed by atoms with Crippen molar-refractivity contribution in [1.29, 1.82) is 0 Å². The summed E-state index contributed by atoms with van der Waals surface area (Å²) in [6.45, 7) is 5.99. The van der Waals surface area contributed by atoms with Gasteiger partial charge in [-0.05, 0) is 61.7 Å². The highest BCUT2D eigenvalue weighted by Crippen LogP contribution is 2.23. The lowest BCUT2D eigenvalue weighted by molar-refractivity contribution is 0.414. The molecule has 2 aromatic carbocycles. The minimum atomic E-state index is 0.801. The summed E-state index contributed by atoms with van der Waals surface area (Å²) in [7, 11) is 1.69. The summed E-state index contributed by atoms with van der Waals surface area (Å²) >= 11 is 0. The number of aromatic amines is 1. The molecule has 0 amide bonds. The molecule has 0 fully saturated rings. The van der Waals surface area contributed by atoms with Crippen LogP contribution in [0.5, 0.6) is 5.75 Å². The predicted molar refractivity (Wildman–Crippen MR) is 102 cm³/mol. The molecule has 0 spiro atoms. The summed E-state index contributed by atoms with van der Waals surface area (Å²) < 4.78 is 5.19. The van der Waals surface area contributed by atoms with Gasteiger partial charge in [-0.25, -0.2) is 0 Å². The number of rotatable bonds is 7. The van der Waals surface area contributed by atoms with Gasteiger partial charge in [0.15, 0.2) is 0 Å². The van der Waals surface area contributed by atoms with Crippen molar-refractivity contribution in [1.82, 2.24) is 15.5 Å². The van der Waals surface area contributed by atoms with Gasteiger partial charge < -0.3 is 10.1 Å². The average Bonchev–Trinajstić information content (AvgIpc) is 3.10. The highest BCUT2D eigenvalue weighted by molar-refractivity contribution is 5.64. The number of H-pyrrole nitrogens is 1. The number of nitrogens with zero attached hydrogens (tertiary/aromatic N) is 1. The molecule has 0 atom stereocenters. The number of hydrogen-bond donors (Lipinski definition) is 2. The van der Waals surface area contributed by atoms with Crippen molar-refractivity contribution in [2.75, 3.05) is 13.7 Å². The molecule has 1 heterocycles. The van der Waals surface area contributed by atoms with Crippen molar-refractivity contribution < 1.29 is 4.74 Å². The zero-order chi connectivity index (χ0) is 17.6. The van der Waals surface area contributed by atoms with Crippen LogP contribution in [-0.2, 0) is 13.0 Å². The molecule has 0 aliphatic heterocycles. The first-order valence-electron chi connectivity index (χ1n) is 8.61. The van der Waals surface area contributed by atoms with Gasteiger partial charge in [0, 0.05) is 17.7 Å². The molecule has 4 nitrogen and oxygen atoms in total. The Balaban J connectivity index is 1.57. The maximum Gasteiger partial charge on any atom is 0.118 e. The zero-order valence-electron chi connectivity index (χ0n) is 15.1. The van der Waals surface area contributed by atoms with Crippen LogP contribution in [0.2, 0.25) is 0 Å². The Bertz CT molecular complexity index is 821. The lowest BCUT2D eigenvalue weighted by atomic mass is 10.0. The Morgan fingerprint density at radius 1 is 1.04 bits per heavy atom. The molecule has 2 N–H and O–H groups in total. The van der Waals surface area contributed by atoms with Crippen molar-refractivity contribution in [3.05, 3.63) is 70.9 Å². The van der Waals surface area contributed by atoms with Gasteiger partial charge in [0.2, 0.25) is 0 Å². The maximum absolute atomic E-state index is 5.19. The SMILES string of the molecule is COc1ccc(CCNCc2cn[nH]c2-c2ccc(C)c(C)c2)cc1. The largest absolute Gasteiger partial charge is 0.497 e. The van der Waals surface area contributed by atoms with E-state index in [0.717, 1.165) is 31.0 Å². The van der Waals surface area contributed by atoms with E-state index < -0.39 is 0 Å². The van der Waals surface area contributed by atoms with Crippen molar-refractivity contribution in [3.8, 4) is 17.0 Å². The molecule has 0 radical (unpaired) electrons. The molecule has 130 valence electrons. The quantitative estimate of drug-likeness (QED) is 0.641. The Labute approximate surface area is 149 Å². The fraction of sp³-hybridized carbons (Fsp3) is 0.286. The van der Waals surface area contributed by atoms with E-state index in [9.17, 15) is 0 Å². The fourth-order valence-electron chi connectivity index (χ4n) is 2.84.